The molecule has 0 saturated carbocycles. The quantitative estimate of drug-likeness (QED) is 0.372. The molecule has 0 radical (unpaired) electrons. The number of nitrogens with zero attached hydrogens (tertiary/aromatic N) is 4. The van der Waals surface area contributed by atoms with Crippen LogP contribution in [0.3, 0.4) is 0 Å². The van der Waals surface area contributed by atoms with Gasteiger partial charge in [0.25, 0.3) is 0 Å². The summed E-state index contributed by atoms with van der Waals surface area (Å²) in [6, 6.07) is 2.06. The van der Waals surface area contributed by atoms with Crippen molar-refractivity contribution < 1.29 is 8.42 Å². The first-order chi connectivity index (χ1) is 12.4. The van der Waals surface area contributed by atoms with E-state index in [9.17, 15) is 8.42 Å². The van der Waals surface area contributed by atoms with Crippen LogP contribution < -0.4 is 10.6 Å². The molecule has 2 rings (SSSR count). The molecule has 0 bridgehead atoms. The van der Waals surface area contributed by atoms with Crippen LogP contribution in [-0.4, -0.2) is 78.9 Å². The first-order valence-corrected chi connectivity index (χ1v) is 11.7. The number of thioether (sulfide) groups is 1. The second-order valence-corrected chi connectivity index (χ2v) is 9.57. The first-order valence-electron chi connectivity index (χ1n) is 8.93. The molecule has 0 amide bonds. The third kappa shape index (κ3) is 6.48. The highest BCUT2D eigenvalue weighted by molar-refractivity contribution is 7.99. The Kier molecular flexibility index (Phi) is 8.23. The highest BCUT2D eigenvalue weighted by Crippen LogP contribution is 2.12. The Labute approximate surface area is 160 Å². The summed E-state index contributed by atoms with van der Waals surface area (Å²) >= 11 is 1.80. The maximum absolute atomic E-state index is 12.3. The Morgan fingerprint density at radius 2 is 1.96 bits per heavy atom. The summed E-state index contributed by atoms with van der Waals surface area (Å²) < 4.78 is 28.2. The standard InChI is InChI=1S/C16H30N6O2S2/c1-14-13-15(2)22(20-14)7-4-5-18-16(17-3)19-6-12-26(23,24)21-8-10-25-11-9-21/h13H,4-12H2,1-3H3,(H2,17,18,19). The fraction of sp³-hybridized carbons (Fsp3) is 0.750. The summed E-state index contributed by atoms with van der Waals surface area (Å²) in [5, 5.41) is 10.7. The van der Waals surface area contributed by atoms with E-state index in [0.717, 1.165) is 42.4 Å². The molecule has 0 aromatic carbocycles. The summed E-state index contributed by atoms with van der Waals surface area (Å²) in [6.45, 7) is 7.21. The maximum Gasteiger partial charge on any atom is 0.215 e. The molecular weight excluding hydrogens is 372 g/mol. The molecule has 148 valence electrons. The van der Waals surface area contributed by atoms with E-state index in [2.05, 4.69) is 33.7 Å². The van der Waals surface area contributed by atoms with Crippen LogP contribution in [0.15, 0.2) is 11.1 Å². The van der Waals surface area contributed by atoms with E-state index >= 15 is 0 Å². The zero-order valence-corrected chi connectivity index (χ0v) is 17.5. The van der Waals surface area contributed by atoms with E-state index in [1.807, 2.05) is 11.6 Å². The van der Waals surface area contributed by atoms with Crippen LogP contribution in [0, 0.1) is 13.8 Å². The molecule has 8 nitrogen and oxygen atoms in total. The van der Waals surface area contributed by atoms with Gasteiger partial charge in [0.2, 0.25) is 10.0 Å². The van der Waals surface area contributed by atoms with Gasteiger partial charge in [0.05, 0.1) is 11.4 Å². The summed E-state index contributed by atoms with van der Waals surface area (Å²) in [5.74, 6) is 2.48. The number of aryl methyl sites for hydroxylation is 3. The first kappa shape index (κ1) is 21.0. The highest BCUT2D eigenvalue weighted by Gasteiger charge is 2.23. The Morgan fingerprint density at radius 1 is 1.27 bits per heavy atom. The number of hydrogen-bond acceptors (Lipinski definition) is 5. The second-order valence-electron chi connectivity index (χ2n) is 6.26. The maximum atomic E-state index is 12.3. The molecule has 1 aromatic rings. The monoisotopic (exact) mass is 402 g/mol. The van der Waals surface area contributed by atoms with Crippen molar-refractivity contribution in [3.05, 3.63) is 17.5 Å². The van der Waals surface area contributed by atoms with Gasteiger partial charge in [-0.15, -0.1) is 0 Å². The van der Waals surface area contributed by atoms with Gasteiger partial charge in [-0.05, 0) is 26.3 Å². The number of aromatic nitrogens is 2. The number of nitrogens with one attached hydrogen (secondary N) is 2. The molecule has 0 atom stereocenters. The van der Waals surface area contributed by atoms with Gasteiger partial charge in [-0.25, -0.2) is 12.7 Å². The van der Waals surface area contributed by atoms with Crippen molar-refractivity contribution in [2.45, 2.75) is 26.8 Å². The molecular formula is C16H30N6O2S2. The number of aliphatic imine (C=N–C) groups is 1. The molecule has 0 spiro atoms. The van der Waals surface area contributed by atoms with Gasteiger partial charge in [0.15, 0.2) is 5.96 Å². The van der Waals surface area contributed by atoms with E-state index in [4.69, 9.17) is 0 Å². The lowest BCUT2D eigenvalue weighted by molar-refractivity contribution is 0.443. The lowest BCUT2D eigenvalue weighted by atomic mass is 10.4. The normalized spacial score (nSPS) is 16.7. The van der Waals surface area contributed by atoms with Gasteiger partial charge in [-0.2, -0.15) is 16.9 Å². The van der Waals surface area contributed by atoms with Crippen molar-refractivity contribution >= 4 is 27.7 Å². The third-order valence-corrected chi connectivity index (χ3v) is 7.00. The van der Waals surface area contributed by atoms with Gasteiger partial charge >= 0.3 is 0 Å². The van der Waals surface area contributed by atoms with Crippen LogP contribution in [0.25, 0.3) is 0 Å². The van der Waals surface area contributed by atoms with Gasteiger partial charge < -0.3 is 10.6 Å². The molecule has 1 aliphatic rings. The van der Waals surface area contributed by atoms with Crippen LogP contribution in [0.2, 0.25) is 0 Å². The molecule has 1 aliphatic heterocycles. The average Bonchev–Trinajstić information content (AvgIpc) is 2.95. The SMILES string of the molecule is CN=C(NCCCn1nc(C)cc1C)NCCS(=O)(=O)N1CCSCC1. The summed E-state index contributed by atoms with van der Waals surface area (Å²) in [6.07, 6.45) is 0.909. The molecule has 26 heavy (non-hydrogen) atoms. The predicted molar refractivity (Wildman–Crippen MR) is 108 cm³/mol. The van der Waals surface area contributed by atoms with Crippen LogP contribution >= 0.6 is 11.8 Å². The Morgan fingerprint density at radius 3 is 2.58 bits per heavy atom. The highest BCUT2D eigenvalue weighted by atomic mass is 32.2. The van der Waals surface area contributed by atoms with Crippen molar-refractivity contribution in [2.24, 2.45) is 4.99 Å². The fourth-order valence-electron chi connectivity index (χ4n) is 2.81. The zero-order valence-electron chi connectivity index (χ0n) is 15.9. The molecule has 1 saturated heterocycles. The van der Waals surface area contributed by atoms with Gasteiger partial charge in [-0.1, -0.05) is 0 Å². The summed E-state index contributed by atoms with van der Waals surface area (Å²) in [7, 11) is -1.50. The van der Waals surface area contributed by atoms with E-state index in [0.29, 0.717) is 25.6 Å². The van der Waals surface area contributed by atoms with Crippen LogP contribution in [0.5, 0.6) is 0 Å². The van der Waals surface area contributed by atoms with E-state index in [1.165, 1.54) is 0 Å². The second kappa shape index (κ2) is 10.2. The third-order valence-electron chi connectivity index (χ3n) is 4.18. The number of rotatable bonds is 8. The van der Waals surface area contributed by atoms with Gasteiger partial charge in [0, 0.05) is 57.0 Å². The fourth-order valence-corrected chi connectivity index (χ4v) is 5.30. The minimum Gasteiger partial charge on any atom is -0.356 e. The van der Waals surface area contributed by atoms with Crippen molar-refractivity contribution in [3.63, 3.8) is 0 Å². The Hall–Kier alpha value is -1.26. The molecule has 2 heterocycles. The minimum absolute atomic E-state index is 0.0874. The summed E-state index contributed by atoms with van der Waals surface area (Å²) in [4.78, 5) is 4.15. The van der Waals surface area contributed by atoms with Crippen molar-refractivity contribution in [2.75, 3.05) is 50.5 Å². The largest absolute Gasteiger partial charge is 0.356 e. The molecule has 1 fully saturated rings. The van der Waals surface area contributed by atoms with E-state index in [-0.39, 0.29) is 5.75 Å². The molecule has 1 aromatic heterocycles. The zero-order chi connectivity index (χ0) is 19.0. The molecule has 0 aliphatic carbocycles. The molecule has 2 N–H and O–H groups in total. The number of hydrogen-bond donors (Lipinski definition) is 2. The van der Waals surface area contributed by atoms with Crippen LogP contribution in [0.1, 0.15) is 17.8 Å². The average molecular weight is 403 g/mol. The smallest absolute Gasteiger partial charge is 0.215 e. The number of sulfonamides is 1. The molecule has 0 unspecified atom stereocenters. The van der Waals surface area contributed by atoms with Crippen molar-refractivity contribution in [1.29, 1.82) is 0 Å². The van der Waals surface area contributed by atoms with Gasteiger partial charge in [-0.3, -0.25) is 9.67 Å². The molecule has 10 heteroatoms. The van der Waals surface area contributed by atoms with E-state index in [1.54, 1.807) is 23.1 Å². The van der Waals surface area contributed by atoms with E-state index < -0.39 is 10.0 Å². The van der Waals surface area contributed by atoms with Crippen LogP contribution in [0.4, 0.5) is 0 Å². The van der Waals surface area contributed by atoms with Crippen LogP contribution in [-0.2, 0) is 16.6 Å². The minimum atomic E-state index is -3.19. The van der Waals surface area contributed by atoms with Crippen molar-refractivity contribution in [1.82, 2.24) is 24.7 Å². The lowest BCUT2D eigenvalue weighted by Crippen LogP contribution is -2.44. The predicted octanol–water partition coefficient (Wildman–Crippen LogP) is 0.434. The lowest BCUT2D eigenvalue weighted by Gasteiger charge is -2.25. The van der Waals surface area contributed by atoms with Gasteiger partial charge in [0.1, 0.15) is 0 Å². The van der Waals surface area contributed by atoms with Crippen molar-refractivity contribution in [3.8, 4) is 0 Å². The Balaban J connectivity index is 1.66. The summed E-state index contributed by atoms with van der Waals surface area (Å²) in [5.41, 5.74) is 2.19. The topological polar surface area (TPSA) is 91.6 Å². The number of guanidine groups is 1. The Bertz CT molecular complexity index is 696.